The zero-order valence-corrected chi connectivity index (χ0v) is 10.3. The number of nitrogen functional groups attached to an aromatic ring is 1. The lowest BCUT2D eigenvalue weighted by Crippen LogP contribution is -2.25. The lowest BCUT2D eigenvalue weighted by molar-refractivity contribution is 0.417. The maximum absolute atomic E-state index is 5.78. The standard InChI is InChI=1S/C12H18N2OS/c1-15-12-7-9(4-5-11(12)13)14-10-3-2-6-16-8-10/h4-5,7,10,14H,2-3,6,8,13H2,1H3. The molecule has 3 N–H and O–H groups in total. The molecule has 88 valence electrons. The van der Waals surface area contributed by atoms with Crippen LogP contribution in [0.5, 0.6) is 5.75 Å². The number of hydrogen-bond acceptors (Lipinski definition) is 4. The van der Waals surface area contributed by atoms with E-state index >= 15 is 0 Å². The van der Waals surface area contributed by atoms with Crippen molar-refractivity contribution < 1.29 is 4.74 Å². The number of benzene rings is 1. The highest BCUT2D eigenvalue weighted by molar-refractivity contribution is 7.99. The van der Waals surface area contributed by atoms with Crippen molar-refractivity contribution in [2.45, 2.75) is 18.9 Å². The molecule has 1 saturated heterocycles. The summed E-state index contributed by atoms with van der Waals surface area (Å²) in [6.07, 6.45) is 2.55. The first kappa shape index (κ1) is 11.5. The Morgan fingerprint density at radius 3 is 3.06 bits per heavy atom. The van der Waals surface area contributed by atoms with Crippen LogP contribution in [-0.2, 0) is 0 Å². The first-order valence-corrected chi connectivity index (χ1v) is 6.73. The van der Waals surface area contributed by atoms with Gasteiger partial charge in [-0.3, -0.25) is 0 Å². The van der Waals surface area contributed by atoms with Gasteiger partial charge >= 0.3 is 0 Å². The van der Waals surface area contributed by atoms with E-state index in [1.54, 1.807) is 7.11 Å². The Labute approximate surface area is 101 Å². The summed E-state index contributed by atoms with van der Waals surface area (Å²) < 4.78 is 5.20. The molecule has 1 aromatic carbocycles. The molecule has 0 bridgehead atoms. The first-order chi connectivity index (χ1) is 7.79. The molecule has 0 aromatic heterocycles. The van der Waals surface area contributed by atoms with Crippen molar-refractivity contribution in [2.24, 2.45) is 0 Å². The summed E-state index contributed by atoms with van der Waals surface area (Å²) in [7, 11) is 1.64. The van der Waals surface area contributed by atoms with E-state index in [1.165, 1.54) is 24.3 Å². The van der Waals surface area contributed by atoms with Gasteiger partial charge in [-0.05, 0) is 30.7 Å². The molecule has 1 fully saturated rings. The van der Waals surface area contributed by atoms with E-state index in [0.717, 1.165) is 11.4 Å². The van der Waals surface area contributed by atoms with Gasteiger partial charge in [0.05, 0.1) is 12.8 Å². The van der Waals surface area contributed by atoms with E-state index in [2.05, 4.69) is 5.32 Å². The third-order valence-corrected chi connectivity index (χ3v) is 3.98. The predicted octanol–water partition coefficient (Wildman–Crippen LogP) is 2.58. The van der Waals surface area contributed by atoms with Crippen molar-refractivity contribution in [3.63, 3.8) is 0 Å². The highest BCUT2D eigenvalue weighted by Gasteiger charge is 2.13. The van der Waals surface area contributed by atoms with Crippen LogP contribution in [0.3, 0.4) is 0 Å². The molecule has 0 amide bonds. The Kier molecular flexibility index (Phi) is 3.83. The summed E-state index contributed by atoms with van der Waals surface area (Å²) in [6.45, 7) is 0. The number of hydrogen-bond donors (Lipinski definition) is 2. The third-order valence-electron chi connectivity index (χ3n) is 2.76. The zero-order valence-electron chi connectivity index (χ0n) is 9.53. The topological polar surface area (TPSA) is 47.3 Å². The molecule has 1 aliphatic rings. The molecule has 4 heteroatoms. The molecule has 16 heavy (non-hydrogen) atoms. The summed E-state index contributed by atoms with van der Waals surface area (Å²) in [4.78, 5) is 0. The van der Waals surface area contributed by atoms with E-state index in [4.69, 9.17) is 10.5 Å². The number of nitrogens with two attached hydrogens (primary N) is 1. The molecule has 0 radical (unpaired) electrons. The van der Waals surface area contributed by atoms with Crippen LogP contribution in [-0.4, -0.2) is 24.7 Å². The van der Waals surface area contributed by atoms with Crippen molar-refractivity contribution >= 4 is 23.1 Å². The molecular formula is C12H18N2OS. The fraction of sp³-hybridized carbons (Fsp3) is 0.500. The molecule has 2 rings (SSSR count). The highest BCUT2D eigenvalue weighted by Crippen LogP contribution is 2.27. The van der Waals surface area contributed by atoms with Crippen molar-refractivity contribution in [1.82, 2.24) is 0 Å². The summed E-state index contributed by atoms with van der Waals surface area (Å²) in [6, 6.07) is 6.44. The average Bonchev–Trinajstić information content (AvgIpc) is 2.33. The molecule has 1 heterocycles. The Bertz CT molecular complexity index is 351. The van der Waals surface area contributed by atoms with Gasteiger partial charge in [0.2, 0.25) is 0 Å². The fourth-order valence-corrected chi connectivity index (χ4v) is 2.96. The number of rotatable bonds is 3. The average molecular weight is 238 g/mol. The lowest BCUT2D eigenvalue weighted by Gasteiger charge is -2.23. The number of nitrogens with one attached hydrogen (secondary N) is 1. The molecular weight excluding hydrogens is 220 g/mol. The van der Waals surface area contributed by atoms with Gasteiger partial charge in [-0.15, -0.1) is 0 Å². The van der Waals surface area contributed by atoms with Crippen LogP contribution in [0, 0.1) is 0 Å². The van der Waals surface area contributed by atoms with Gasteiger partial charge in [0.25, 0.3) is 0 Å². The van der Waals surface area contributed by atoms with Crippen LogP contribution >= 0.6 is 11.8 Å². The van der Waals surface area contributed by atoms with E-state index in [-0.39, 0.29) is 0 Å². The lowest BCUT2D eigenvalue weighted by atomic mass is 10.1. The van der Waals surface area contributed by atoms with Gasteiger partial charge in [0.15, 0.2) is 0 Å². The second-order valence-electron chi connectivity index (χ2n) is 4.02. The molecule has 1 aromatic rings. The van der Waals surface area contributed by atoms with Gasteiger partial charge in [0, 0.05) is 23.5 Å². The van der Waals surface area contributed by atoms with Crippen molar-refractivity contribution in [3.05, 3.63) is 18.2 Å². The van der Waals surface area contributed by atoms with Gasteiger partial charge < -0.3 is 15.8 Å². The van der Waals surface area contributed by atoms with E-state index in [0.29, 0.717) is 11.7 Å². The summed E-state index contributed by atoms with van der Waals surface area (Å²) in [5, 5.41) is 3.53. The SMILES string of the molecule is COc1cc(NC2CCCSC2)ccc1N. The number of ether oxygens (including phenoxy) is 1. The maximum atomic E-state index is 5.78. The quantitative estimate of drug-likeness (QED) is 0.795. The minimum Gasteiger partial charge on any atom is -0.495 e. The highest BCUT2D eigenvalue weighted by atomic mass is 32.2. The van der Waals surface area contributed by atoms with Crippen LogP contribution < -0.4 is 15.8 Å². The van der Waals surface area contributed by atoms with Crippen molar-refractivity contribution in [3.8, 4) is 5.75 Å². The Morgan fingerprint density at radius 2 is 2.38 bits per heavy atom. The minimum absolute atomic E-state index is 0.576. The Hall–Kier alpha value is -1.03. The molecule has 1 unspecified atom stereocenters. The van der Waals surface area contributed by atoms with Gasteiger partial charge in [0.1, 0.15) is 5.75 Å². The van der Waals surface area contributed by atoms with E-state index in [9.17, 15) is 0 Å². The Balaban J connectivity index is 2.03. The number of anilines is 2. The third kappa shape index (κ3) is 2.76. The number of methoxy groups -OCH3 is 1. The van der Waals surface area contributed by atoms with Crippen LogP contribution in [0.4, 0.5) is 11.4 Å². The molecule has 1 aliphatic heterocycles. The van der Waals surface area contributed by atoms with Crippen LogP contribution in [0.2, 0.25) is 0 Å². The molecule has 0 saturated carbocycles. The predicted molar refractivity (Wildman–Crippen MR) is 71.4 cm³/mol. The zero-order chi connectivity index (χ0) is 11.4. The second kappa shape index (κ2) is 5.34. The first-order valence-electron chi connectivity index (χ1n) is 5.57. The van der Waals surface area contributed by atoms with Crippen molar-refractivity contribution in [1.29, 1.82) is 0 Å². The largest absolute Gasteiger partial charge is 0.495 e. The molecule has 1 atom stereocenters. The number of thioether (sulfide) groups is 1. The molecule has 3 nitrogen and oxygen atoms in total. The second-order valence-corrected chi connectivity index (χ2v) is 5.16. The fourth-order valence-electron chi connectivity index (χ4n) is 1.89. The normalized spacial score (nSPS) is 20.4. The van der Waals surface area contributed by atoms with Crippen molar-refractivity contribution in [2.75, 3.05) is 29.7 Å². The van der Waals surface area contributed by atoms with Crippen LogP contribution in [0.1, 0.15) is 12.8 Å². The van der Waals surface area contributed by atoms with E-state index < -0.39 is 0 Å². The maximum Gasteiger partial charge on any atom is 0.143 e. The van der Waals surface area contributed by atoms with Gasteiger partial charge in [-0.1, -0.05) is 0 Å². The van der Waals surface area contributed by atoms with Crippen LogP contribution in [0.25, 0.3) is 0 Å². The summed E-state index contributed by atoms with van der Waals surface area (Å²) in [5.41, 5.74) is 7.56. The Morgan fingerprint density at radius 1 is 1.50 bits per heavy atom. The smallest absolute Gasteiger partial charge is 0.143 e. The van der Waals surface area contributed by atoms with E-state index in [1.807, 2.05) is 30.0 Å². The monoisotopic (exact) mass is 238 g/mol. The summed E-state index contributed by atoms with van der Waals surface area (Å²) in [5.74, 6) is 3.23. The minimum atomic E-state index is 0.576. The molecule has 0 aliphatic carbocycles. The van der Waals surface area contributed by atoms with Gasteiger partial charge in [-0.25, -0.2) is 0 Å². The van der Waals surface area contributed by atoms with Crippen LogP contribution in [0.15, 0.2) is 18.2 Å². The summed E-state index contributed by atoms with van der Waals surface area (Å²) >= 11 is 2.02. The van der Waals surface area contributed by atoms with Gasteiger partial charge in [-0.2, -0.15) is 11.8 Å². The molecule has 0 spiro atoms.